The first-order chi connectivity index (χ1) is 23.2. The molecular weight excluding hydrogens is 578 g/mol. The number of rotatable bonds is 6. The quantitative estimate of drug-likeness (QED) is 0.164. The van der Waals surface area contributed by atoms with Gasteiger partial charge < -0.3 is 25.2 Å². The van der Waals surface area contributed by atoms with Crippen molar-refractivity contribution in [3.8, 4) is 22.3 Å². The Morgan fingerprint density at radius 3 is 1.40 bits per heavy atom. The summed E-state index contributed by atoms with van der Waals surface area (Å²) in [5, 5.41) is 11.6. The Morgan fingerprint density at radius 2 is 0.830 bits per heavy atom. The van der Waals surface area contributed by atoms with Gasteiger partial charge in [-0.25, -0.2) is 0 Å². The first-order valence-electron chi connectivity index (χ1n) is 15.6. The third-order valence-electron chi connectivity index (χ3n) is 8.79. The largest absolute Gasteiger partial charge is 0.456 e. The van der Waals surface area contributed by atoms with E-state index in [2.05, 4.69) is 102 Å². The Labute approximate surface area is 270 Å². The van der Waals surface area contributed by atoms with Gasteiger partial charge in [-0.3, -0.25) is 0 Å². The van der Waals surface area contributed by atoms with Gasteiger partial charge in [-0.1, -0.05) is 72.8 Å². The van der Waals surface area contributed by atoms with Crippen molar-refractivity contribution in [3.05, 3.63) is 152 Å². The van der Waals surface area contributed by atoms with Gasteiger partial charge in [0.15, 0.2) is 0 Å². The lowest BCUT2D eigenvalue weighted by Gasteiger charge is -2.17. The molecule has 224 valence electrons. The molecule has 0 spiro atoms. The van der Waals surface area contributed by atoms with Crippen molar-refractivity contribution in [2.75, 3.05) is 16.4 Å². The zero-order chi connectivity index (χ0) is 31.3. The second kappa shape index (κ2) is 10.9. The fraction of sp³-hybridized carbons (Fsp3) is 0. The number of nitrogens with two attached hydrogens (primary N) is 1. The molecule has 0 bridgehead atoms. The molecule has 4 N–H and O–H groups in total. The molecule has 0 atom stereocenters. The zero-order valence-electron chi connectivity index (χ0n) is 25.3. The monoisotopic (exact) mass is 607 g/mol. The van der Waals surface area contributed by atoms with E-state index in [9.17, 15) is 0 Å². The second-order valence-electron chi connectivity index (χ2n) is 11.8. The normalized spacial score (nSPS) is 11.5. The first kappa shape index (κ1) is 26.9. The fourth-order valence-corrected chi connectivity index (χ4v) is 6.46. The van der Waals surface area contributed by atoms with Crippen LogP contribution in [-0.4, -0.2) is 0 Å². The number of benzene rings is 7. The van der Waals surface area contributed by atoms with E-state index in [0.717, 1.165) is 88.9 Å². The molecule has 0 amide bonds. The van der Waals surface area contributed by atoms with Crippen molar-refractivity contribution in [1.82, 2.24) is 0 Å². The van der Waals surface area contributed by atoms with Gasteiger partial charge in [0.1, 0.15) is 22.3 Å². The Bertz CT molecular complexity index is 2480. The average molecular weight is 608 g/mol. The van der Waals surface area contributed by atoms with Crippen LogP contribution in [0.5, 0.6) is 0 Å². The molecule has 9 aromatic rings. The number of anilines is 5. The number of nitrogens with one attached hydrogen (secondary N) is 2. The van der Waals surface area contributed by atoms with Crippen LogP contribution in [0.4, 0.5) is 28.4 Å². The van der Waals surface area contributed by atoms with Crippen molar-refractivity contribution in [2.45, 2.75) is 0 Å². The van der Waals surface area contributed by atoms with Crippen LogP contribution >= 0.6 is 0 Å². The second-order valence-corrected chi connectivity index (χ2v) is 11.8. The van der Waals surface area contributed by atoms with E-state index in [1.165, 1.54) is 0 Å². The molecule has 2 aromatic heterocycles. The topological polar surface area (TPSA) is 76.4 Å². The minimum absolute atomic E-state index is 0.691. The highest BCUT2D eigenvalue weighted by Crippen LogP contribution is 2.39. The SMILES string of the molecule is Nc1ccccc1Nc1ccccc1Nc1cc(-c2ccc3oc4ccccc4c3c2)cc(-c2ccc3oc4ccccc4c3c2)c1. The van der Waals surface area contributed by atoms with Crippen molar-refractivity contribution < 1.29 is 8.83 Å². The summed E-state index contributed by atoms with van der Waals surface area (Å²) >= 11 is 0. The van der Waals surface area contributed by atoms with Gasteiger partial charge in [0.2, 0.25) is 0 Å². The number of hydrogen-bond acceptors (Lipinski definition) is 5. The van der Waals surface area contributed by atoms with Gasteiger partial charge in [0, 0.05) is 27.2 Å². The molecule has 0 unspecified atom stereocenters. The maximum atomic E-state index is 6.28. The molecule has 5 heteroatoms. The third kappa shape index (κ3) is 4.82. The summed E-state index contributed by atoms with van der Waals surface area (Å²) in [7, 11) is 0. The number of nitrogen functional groups attached to an aromatic ring is 1. The van der Waals surface area contributed by atoms with Gasteiger partial charge in [-0.05, 0) is 101 Å². The highest BCUT2D eigenvalue weighted by Gasteiger charge is 2.14. The Hall–Kier alpha value is -6.46. The average Bonchev–Trinajstić information content (AvgIpc) is 3.67. The van der Waals surface area contributed by atoms with Crippen molar-refractivity contribution in [1.29, 1.82) is 0 Å². The molecule has 0 radical (unpaired) electrons. The Balaban J connectivity index is 1.19. The van der Waals surface area contributed by atoms with E-state index in [4.69, 9.17) is 14.6 Å². The van der Waals surface area contributed by atoms with Crippen LogP contribution < -0.4 is 16.4 Å². The van der Waals surface area contributed by atoms with Gasteiger partial charge >= 0.3 is 0 Å². The minimum atomic E-state index is 0.691. The van der Waals surface area contributed by atoms with Crippen LogP contribution in [0, 0.1) is 0 Å². The standard InChI is InChI=1S/C42H29N3O2/c43-35-11-3-4-12-36(35)45-38-14-6-5-13-37(38)44-30-22-28(26-17-19-41-33(24-26)31-9-1-7-15-39(31)46-41)21-29(23-30)27-18-20-42-34(25-27)32-10-2-8-16-40(32)47-42/h1-25,44-45H,43H2. The summed E-state index contributed by atoms with van der Waals surface area (Å²) in [4.78, 5) is 0. The lowest BCUT2D eigenvalue weighted by atomic mass is 9.96. The Morgan fingerprint density at radius 1 is 0.362 bits per heavy atom. The van der Waals surface area contributed by atoms with E-state index in [0.29, 0.717) is 5.69 Å². The molecule has 0 saturated carbocycles. The van der Waals surface area contributed by atoms with Gasteiger partial charge in [-0.15, -0.1) is 0 Å². The first-order valence-corrected chi connectivity index (χ1v) is 15.6. The molecule has 0 aliphatic heterocycles. The fourth-order valence-electron chi connectivity index (χ4n) is 6.46. The summed E-state index contributed by atoms with van der Waals surface area (Å²) in [5.74, 6) is 0. The van der Waals surface area contributed by atoms with E-state index in [1.807, 2.05) is 60.7 Å². The summed E-state index contributed by atoms with van der Waals surface area (Å²) < 4.78 is 12.3. The highest BCUT2D eigenvalue weighted by atomic mass is 16.3. The van der Waals surface area contributed by atoms with Crippen molar-refractivity contribution >= 4 is 72.3 Å². The predicted octanol–water partition coefficient (Wildman–Crippen LogP) is 11.9. The molecule has 47 heavy (non-hydrogen) atoms. The Kier molecular flexibility index (Phi) is 6.22. The van der Waals surface area contributed by atoms with E-state index in [-0.39, 0.29) is 0 Å². The summed E-state index contributed by atoms with van der Waals surface area (Å²) in [6.07, 6.45) is 0. The molecule has 9 rings (SSSR count). The smallest absolute Gasteiger partial charge is 0.135 e. The van der Waals surface area contributed by atoms with Crippen LogP contribution in [0.2, 0.25) is 0 Å². The molecule has 2 heterocycles. The summed E-state index contributed by atoms with van der Waals surface area (Å²) in [5.41, 5.74) is 18.6. The van der Waals surface area contributed by atoms with Crippen molar-refractivity contribution in [3.63, 3.8) is 0 Å². The lowest BCUT2D eigenvalue weighted by Crippen LogP contribution is -2.00. The lowest BCUT2D eigenvalue weighted by molar-refractivity contribution is 0.668. The number of para-hydroxylation sites is 6. The minimum Gasteiger partial charge on any atom is -0.456 e. The third-order valence-corrected chi connectivity index (χ3v) is 8.79. The van der Waals surface area contributed by atoms with Crippen LogP contribution in [-0.2, 0) is 0 Å². The van der Waals surface area contributed by atoms with Crippen LogP contribution in [0.15, 0.2) is 160 Å². The number of fused-ring (bicyclic) bond motifs is 6. The van der Waals surface area contributed by atoms with Crippen LogP contribution in [0.3, 0.4) is 0 Å². The highest BCUT2D eigenvalue weighted by molar-refractivity contribution is 6.07. The molecule has 7 aromatic carbocycles. The van der Waals surface area contributed by atoms with Crippen molar-refractivity contribution in [2.24, 2.45) is 0 Å². The van der Waals surface area contributed by atoms with Gasteiger partial charge in [0.05, 0.1) is 22.7 Å². The molecule has 0 aliphatic carbocycles. The summed E-state index contributed by atoms with van der Waals surface area (Å²) in [6, 6.07) is 51.8. The predicted molar refractivity (Wildman–Crippen MR) is 196 cm³/mol. The van der Waals surface area contributed by atoms with Crippen LogP contribution in [0.25, 0.3) is 66.1 Å². The van der Waals surface area contributed by atoms with E-state index >= 15 is 0 Å². The van der Waals surface area contributed by atoms with Crippen LogP contribution in [0.1, 0.15) is 0 Å². The molecular formula is C42H29N3O2. The molecule has 5 nitrogen and oxygen atoms in total. The zero-order valence-corrected chi connectivity index (χ0v) is 25.3. The number of furan rings is 2. The van der Waals surface area contributed by atoms with Gasteiger partial charge in [0.25, 0.3) is 0 Å². The molecule has 0 fully saturated rings. The number of hydrogen-bond donors (Lipinski definition) is 3. The maximum Gasteiger partial charge on any atom is 0.135 e. The molecule has 0 saturated heterocycles. The van der Waals surface area contributed by atoms with E-state index < -0.39 is 0 Å². The summed E-state index contributed by atoms with van der Waals surface area (Å²) in [6.45, 7) is 0. The molecule has 0 aliphatic rings. The van der Waals surface area contributed by atoms with Gasteiger partial charge in [-0.2, -0.15) is 0 Å². The van der Waals surface area contributed by atoms with E-state index in [1.54, 1.807) is 0 Å². The maximum absolute atomic E-state index is 6.28.